The first-order valence-electron chi connectivity index (χ1n) is 6.39. The van der Waals surface area contributed by atoms with Gasteiger partial charge in [-0.15, -0.1) is 6.58 Å². The van der Waals surface area contributed by atoms with Crippen molar-refractivity contribution in [3.63, 3.8) is 0 Å². The summed E-state index contributed by atoms with van der Waals surface area (Å²) in [5, 5.41) is 0. The van der Waals surface area contributed by atoms with Gasteiger partial charge in [0.05, 0.1) is 0 Å². The van der Waals surface area contributed by atoms with E-state index >= 15 is 0 Å². The number of ether oxygens (including phenoxy) is 1. The predicted molar refractivity (Wildman–Crippen MR) is 69.6 cm³/mol. The molecular formula is C12H17F9O2Si. The maximum absolute atomic E-state index is 13.5. The van der Waals surface area contributed by atoms with E-state index in [4.69, 9.17) is 0 Å². The fourth-order valence-electron chi connectivity index (χ4n) is 2.27. The third-order valence-corrected chi connectivity index (χ3v) is 3.99. The molecule has 0 heterocycles. The Morgan fingerprint density at radius 1 is 0.833 bits per heavy atom. The van der Waals surface area contributed by atoms with Gasteiger partial charge in [-0.05, 0) is 26.1 Å². The van der Waals surface area contributed by atoms with Gasteiger partial charge in [-0.1, -0.05) is 6.08 Å². The fraction of sp³-hybridized carbons (Fsp3) is 0.833. The minimum absolute atomic E-state index is 0.100. The Morgan fingerprint density at radius 2 is 1.21 bits per heavy atom. The number of allylic oxidation sites excluding steroid dienone is 1. The van der Waals surface area contributed by atoms with E-state index in [0.717, 1.165) is 19.6 Å². The van der Waals surface area contributed by atoms with Gasteiger partial charge in [-0.3, -0.25) is 0 Å². The Hall–Kier alpha value is -0.753. The van der Waals surface area contributed by atoms with E-state index in [1.807, 2.05) is 0 Å². The number of alkyl halides is 9. The van der Waals surface area contributed by atoms with Crippen LogP contribution in [0.15, 0.2) is 12.7 Å². The van der Waals surface area contributed by atoms with Gasteiger partial charge in [0, 0.05) is 7.11 Å². The molecule has 0 rings (SSSR count). The van der Waals surface area contributed by atoms with Crippen molar-refractivity contribution < 1.29 is 48.7 Å². The fourth-order valence-corrected chi connectivity index (χ4v) is 3.50. The van der Waals surface area contributed by atoms with Crippen molar-refractivity contribution in [1.29, 1.82) is 0 Å². The second-order valence-electron chi connectivity index (χ2n) is 5.93. The highest BCUT2D eigenvalue weighted by Crippen LogP contribution is 2.64. The molecule has 0 aromatic rings. The first-order chi connectivity index (χ1) is 10.3. The maximum atomic E-state index is 13.5. The van der Waals surface area contributed by atoms with Gasteiger partial charge in [0.25, 0.3) is 5.79 Å². The molecular weight excluding hydrogens is 375 g/mol. The number of methoxy groups -OCH3 is 1. The molecule has 0 radical (unpaired) electrons. The van der Waals surface area contributed by atoms with Crippen LogP contribution in [0.3, 0.4) is 0 Å². The molecule has 24 heavy (non-hydrogen) atoms. The van der Waals surface area contributed by atoms with Crippen LogP contribution in [0.4, 0.5) is 39.5 Å². The Balaban J connectivity index is 7.12. The third kappa shape index (κ3) is 3.74. The molecule has 0 saturated carbocycles. The Bertz CT molecular complexity index is 433. The van der Waals surface area contributed by atoms with E-state index in [-0.39, 0.29) is 13.2 Å². The summed E-state index contributed by atoms with van der Waals surface area (Å²) in [6.45, 7) is 5.77. The number of hydrogen-bond donors (Lipinski definition) is 0. The van der Waals surface area contributed by atoms with Crippen molar-refractivity contribution in [3.8, 4) is 0 Å². The molecule has 0 amide bonds. The zero-order valence-electron chi connectivity index (χ0n) is 13.2. The second-order valence-corrected chi connectivity index (χ2v) is 10.4. The maximum Gasteiger partial charge on any atom is 0.443 e. The van der Waals surface area contributed by atoms with Gasteiger partial charge in [0.1, 0.15) is 0 Å². The lowest BCUT2D eigenvalue weighted by atomic mass is 9.73. The van der Waals surface area contributed by atoms with E-state index in [9.17, 15) is 39.5 Å². The monoisotopic (exact) mass is 392 g/mol. The van der Waals surface area contributed by atoms with Gasteiger partial charge < -0.3 is 9.16 Å². The van der Waals surface area contributed by atoms with E-state index in [1.165, 1.54) is 0 Å². The van der Waals surface area contributed by atoms with E-state index in [1.54, 1.807) is 0 Å². The quantitative estimate of drug-likeness (QED) is 0.260. The summed E-state index contributed by atoms with van der Waals surface area (Å²) >= 11 is 0. The molecule has 2 nitrogen and oxygen atoms in total. The summed E-state index contributed by atoms with van der Waals surface area (Å²) < 4.78 is 129. The van der Waals surface area contributed by atoms with Crippen LogP contribution in [0.2, 0.25) is 19.6 Å². The predicted octanol–water partition coefficient (Wildman–Crippen LogP) is 5.43. The smallest absolute Gasteiger partial charge is 0.383 e. The van der Waals surface area contributed by atoms with Crippen LogP contribution in [-0.4, -0.2) is 39.7 Å². The topological polar surface area (TPSA) is 18.5 Å². The third-order valence-electron chi connectivity index (χ3n) is 3.09. The lowest BCUT2D eigenvalue weighted by Gasteiger charge is -2.51. The molecule has 0 aliphatic carbocycles. The molecule has 0 saturated heterocycles. The Morgan fingerprint density at radius 3 is 1.38 bits per heavy atom. The minimum Gasteiger partial charge on any atom is -0.383 e. The minimum atomic E-state index is -6.38. The van der Waals surface area contributed by atoms with Crippen molar-refractivity contribution in [2.24, 2.45) is 5.41 Å². The highest BCUT2D eigenvalue weighted by atomic mass is 28.4. The molecule has 0 spiro atoms. The van der Waals surface area contributed by atoms with Gasteiger partial charge >= 0.3 is 18.5 Å². The summed E-state index contributed by atoms with van der Waals surface area (Å²) in [6.07, 6.45) is -20.9. The lowest BCUT2D eigenvalue weighted by molar-refractivity contribution is -0.484. The summed E-state index contributed by atoms with van der Waals surface area (Å²) in [4.78, 5) is 0. The summed E-state index contributed by atoms with van der Waals surface area (Å²) in [5.41, 5.74) is -5.37. The molecule has 1 unspecified atom stereocenters. The second kappa shape index (κ2) is 6.52. The normalized spacial score (nSPS) is 17.5. The van der Waals surface area contributed by atoms with Crippen molar-refractivity contribution >= 4 is 8.32 Å². The molecule has 0 aliphatic rings. The first-order valence-corrected chi connectivity index (χ1v) is 9.80. The molecule has 0 aliphatic heterocycles. The zero-order valence-corrected chi connectivity index (χ0v) is 14.2. The van der Waals surface area contributed by atoms with Crippen molar-refractivity contribution in [2.45, 2.75) is 50.4 Å². The zero-order chi connectivity index (χ0) is 19.8. The van der Waals surface area contributed by atoms with Crippen molar-refractivity contribution in [3.05, 3.63) is 12.7 Å². The lowest BCUT2D eigenvalue weighted by Crippen LogP contribution is -2.73. The molecule has 0 fully saturated rings. The largest absolute Gasteiger partial charge is 0.443 e. The molecule has 0 aromatic carbocycles. The number of halogens is 9. The van der Waals surface area contributed by atoms with Gasteiger partial charge in [-0.25, -0.2) is 0 Å². The van der Waals surface area contributed by atoms with Crippen LogP contribution < -0.4 is 0 Å². The molecule has 0 bridgehead atoms. The Kier molecular flexibility index (Phi) is 6.32. The van der Waals surface area contributed by atoms with Crippen molar-refractivity contribution in [1.82, 2.24) is 0 Å². The first kappa shape index (κ1) is 23.2. The molecule has 144 valence electrons. The van der Waals surface area contributed by atoms with Crippen molar-refractivity contribution in [2.75, 3.05) is 7.11 Å². The summed E-state index contributed by atoms with van der Waals surface area (Å²) in [5.74, 6) is -4.96. The number of hydrogen-bond acceptors (Lipinski definition) is 2. The van der Waals surface area contributed by atoms with E-state index in [0.29, 0.717) is 0 Å². The average molecular weight is 392 g/mol. The summed E-state index contributed by atoms with van der Waals surface area (Å²) in [6, 6.07) is 0. The van der Waals surface area contributed by atoms with Crippen LogP contribution in [0.25, 0.3) is 0 Å². The SMILES string of the molecule is C=CCC(C(F)(F)F)(C(F)(F)F)C(OC)(O[Si](C)(C)C)C(F)(F)F. The van der Waals surface area contributed by atoms with Crippen LogP contribution in [0, 0.1) is 5.41 Å². The highest BCUT2D eigenvalue weighted by Gasteiger charge is 2.87. The van der Waals surface area contributed by atoms with Gasteiger partial charge in [0.2, 0.25) is 5.41 Å². The number of rotatable bonds is 6. The standard InChI is InChI=1S/C12H17F9O2Si/c1-6-7-8(10(13,14)15,11(16,17)18)9(22-2,12(19,20)21)23-24(3,4)5/h6H,1,7H2,2-5H3. The average Bonchev–Trinajstić information content (AvgIpc) is 2.27. The van der Waals surface area contributed by atoms with Crippen LogP contribution in [-0.2, 0) is 9.16 Å². The Labute approximate surface area is 133 Å². The summed E-state index contributed by atoms with van der Waals surface area (Å²) in [7, 11) is -3.50. The molecule has 1 atom stereocenters. The van der Waals surface area contributed by atoms with Crippen LogP contribution >= 0.6 is 0 Å². The molecule has 12 heteroatoms. The van der Waals surface area contributed by atoms with Gasteiger partial charge in [-0.2, -0.15) is 39.5 Å². The highest BCUT2D eigenvalue weighted by molar-refractivity contribution is 6.69. The van der Waals surface area contributed by atoms with Crippen LogP contribution in [0.1, 0.15) is 6.42 Å². The van der Waals surface area contributed by atoms with E-state index in [2.05, 4.69) is 15.7 Å². The van der Waals surface area contributed by atoms with Gasteiger partial charge in [0.15, 0.2) is 8.32 Å². The van der Waals surface area contributed by atoms with Crippen LogP contribution in [0.5, 0.6) is 0 Å². The molecule has 0 N–H and O–H groups in total. The van der Waals surface area contributed by atoms with E-state index < -0.39 is 44.5 Å². The molecule has 0 aromatic heterocycles.